The quantitative estimate of drug-likeness (QED) is 0.0621. The lowest BCUT2D eigenvalue weighted by atomic mass is 9.98. The first-order valence-corrected chi connectivity index (χ1v) is 12.9. The summed E-state index contributed by atoms with van der Waals surface area (Å²) in [6, 6.07) is 0. The normalized spacial score (nSPS) is 12.2. The first-order valence-electron chi connectivity index (χ1n) is 12.0. The summed E-state index contributed by atoms with van der Waals surface area (Å²) in [7, 11) is 0. The molecule has 0 fully saturated rings. The summed E-state index contributed by atoms with van der Waals surface area (Å²) >= 11 is 8.03. The molecular weight excluding hydrogens is 448 g/mol. The third-order valence-electron chi connectivity index (χ3n) is 5.06. The van der Waals surface area contributed by atoms with Gasteiger partial charge in [-0.25, -0.2) is 0 Å². The van der Waals surface area contributed by atoms with Crippen LogP contribution in [0.25, 0.3) is 0 Å². The van der Waals surface area contributed by atoms with Gasteiger partial charge in [0.1, 0.15) is 10.5 Å². The van der Waals surface area contributed by atoms with Gasteiger partial charge >= 0.3 is 5.97 Å². The molecule has 0 heterocycles. The number of esters is 1. The standard InChI is InChI=1S/C24H46O6S2/c1-23(2,28-18-12-7-8-14-20-30-32)21(25)15-9-10-16-22(26)27-17-11-5-6-13-19-29-24(3,4)31/h31-32H,5-20H2,1-4H3. The van der Waals surface area contributed by atoms with E-state index in [9.17, 15) is 9.59 Å². The maximum atomic E-state index is 12.4. The molecule has 190 valence electrons. The Balaban J connectivity index is 3.64. The second-order valence-electron chi connectivity index (χ2n) is 9.17. The van der Waals surface area contributed by atoms with Gasteiger partial charge in [-0.15, -0.1) is 12.6 Å². The summed E-state index contributed by atoms with van der Waals surface area (Å²) < 4.78 is 21.3. The van der Waals surface area contributed by atoms with Crippen LogP contribution < -0.4 is 0 Å². The van der Waals surface area contributed by atoms with Crippen LogP contribution in [0.15, 0.2) is 0 Å². The Labute approximate surface area is 206 Å². The van der Waals surface area contributed by atoms with Crippen molar-refractivity contribution in [3.63, 3.8) is 0 Å². The molecule has 0 aliphatic carbocycles. The Hall–Kier alpha value is -0.280. The van der Waals surface area contributed by atoms with Crippen molar-refractivity contribution < 1.29 is 28.0 Å². The highest BCUT2D eigenvalue weighted by Crippen LogP contribution is 2.17. The Kier molecular flexibility index (Phi) is 18.9. The predicted octanol–water partition coefficient (Wildman–Crippen LogP) is 6.12. The number of Topliss-reactive ketones (excluding diaryl/α,β-unsaturated/α-hetero) is 1. The van der Waals surface area contributed by atoms with Crippen molar-refractivity contribution >= 4 is 37.3 Å². The van der Waals surface area contributed by atoms with Crippen LogP contribution in [0.4, 0.5) is 0 Å². The Bertz CT molecular complexity index is 491. The lowest BCUT2D eigenvalue weighted by molar-refractivity contribution is -0.144. The van der Waals surface area contributed by atoms with E-state index in [1.54, 1.807) is 0 Å². The van der Waals surface area contributed by atoms with Crippen molar-refractivity contribution in [3.8, 4) is 0 Å². The predicted molar refractivity (Wildman–Crippen MR) is 135 cm³/mol. The molecule has 0 radical (unpaired) electrons. The van der Waals surface area contributed by atoms with E-state index in [1.165, 1.54) is 0 Å². The molecule has 0 aliphatic heterocycles. The van der Waals surface area contributed by atoms with Crippen LogP contribution in [0.3, 0.4) is 0 Å². The van der Waals surface area contributed by atoms with E-state index in [-0.39, 0.29) is 16.7 Å². The minimum Gasteiger partial charge on any atom is -0.466 e. The van der Waals surface area contributed by atoms with E-state index in [0.29, 0.717) is 52.1 Å². The van der Waals surface area contributed by atoms with Gasteiger partial charge < -0.3 is 18.4 Å². The zero-order valence-corrected chi connectivity index (χ0v) is 22.4. The van der Waals surface area contributed by atoms with Crippen LogP contribution >= 0.6 is 25.5 Å². The van der Waals surface area contributed by atoms with Gasteiger partial charge in [-0.3, -0.25) is 9.59 Å². The topological polar surface area (TPSA) is 71.1 Å². The molecule has 32 heavy (non-hydrogen) atoms. The van der Waals surface area contributed by atoms with Gasteiger partial charge in [0.05, 0.1) is 13.2 Å². The average Bonchev–Trinajstić information content (AvgIpc) is 2.71. The number of thiol groups is 2. The van der Waals surface area contributed by atoms with Crippen LogP contribution in [-0.4, -0.2) is 48.7 Å². The molecule has 0 unspecified atom stereocenters. The third-order valence-corrected chi connectivity index (χ3v) is 5.37. The molecule has 0 aliphatic rings. The highest BCUT2D eigenvalue weighted by atomic mass is 32.1. The Morgan fingerprint density at radius 1 is 0.656 bits per heavy atom. The third kappa shape index (κ3) is 20.3. The summed E-state index contributed by atoms with van der Waals surface area (Å²) in [6.45, 7) is 9.88. The van der Waals surface area contributed by atoms with Crippen molar-refractivity contribution in [2.75, 3.05) is 26.4 Å². The van der Waals surface area contributed by atoms with Crippen molar-refractivity contribution in [2.24, 2.45) is 0 Å². The first-order chi connectivity index (χ1) is 15.1. The van der Waals surface area contributed by atoms with E-state index in [4.69, 9.17) is 18.4 Å². The number of carbonyl (C=O) groups excluding carboxylic acids is 2. The summed E-state index contributed by atoms with van der Waals surface area (Å²) in [5, 5.41) is 0. The molecule has 0 atom stereocenters. The lowest BCUT2D eigenvalue weighted by Crippen LogP contribution is -2.35. The van der Waals surface area contributed by atoms with Gasteiger partial charge in [0.25, 0.3) is 0 Å². The molecule has 0 rings (SSSR count). The highest BCUT2D eigenvalue weighted by molar-refractivity contribution is 7.81. The molecule has 0 saturated carbocycles. The maximum Gasteiger partial charge on any atom is 0.305 e. The van der Waals surface area contributed by atoms with Gasteiger partial charge in [0.15, 0.2) is 5.78 Å². The molecule has 0 aromatic heterocycles. The molecule has 0 aromatic carbocycles. The van der Waals surface area contributed by atoms with Crippen molar-refractivity contribution in [1.82, 2.24) is 0 Å². The van der Waals surface area contributed by atoms with E-state index >= 15 is 0 Å². The monoisotopic (exact) mass is 494 g/mol. The van der Waals surface area contributed by atoms with Gasteiger partial charge in [-0.1, -0.05) is 19.3 Å². The van der Waals surface area contributed by atoms with Crippen LogP contribution in [0, 0.1) is 0 Å². The van der Waals surface area contributed by atoms with Crippen LogP contribution in [0.2, 0.25) is 0 Å². The van der Waals surface area contributed by atoms with Crippen LogP contribution in [0.5, 0.6) is 0 Å². The van der Waals surface area contributed by atoms with E-state index in [0.717, 1.165) is 51.4 Å². The number of hydrogen-bond acceptors (Lipinski definition) is 8. The number of ether oxygens (including phenoxy) is 3. The second kappa shape index (κ2) is 19.1. The largest absolute Gasteiger partial charge is 0.466 e. The molecule has 0 saturated heterocycles. The maximum absolute atomic E-state index is 12.4. The fraction of sp³-hybridized carbons (Fsp3) is 0.917. The van der Waals surface area contributed by atoms with Gasteiger partial charge in [-0.2, -0.15) is 0 Å². The minimum atomic E-state index is -0.775. The second-order valence-corrected chi connectivity index (χ2v) is 10.5. The van der Waals surface area contributed by atoms with Crippen molar-refractivity contribution in [2.45, 2.75) is 115 Å². The number of carbonyl (C=O) groups is 2. The molecule has 0 spiro atoms. The summed E-state index contributed by atoms with van der Waals surface area (Å²) in [5.41, 5.74) is -0.775. The molecule has 8 heteroatoms. The molecular formula is C24H46O6S2. The molecule has 6 nitrogen and oxygen atoms in total. The summed E-state index contributed by atoms with van der Waals surface area (Å²) in [6.07, 6.45) is 10.0. The number of unbranched alkanes of at least 4 members (excludes halogenated alkanes) is 7. The lowest BCUT2D eigenvalue weighted by Gasteiger charge is -2.24. The van der Waals surface area contributed by atoms with E-state index in [1.807, 2.05) is 27.7 Å². The molecule has 0 N–H and O–H groups in total. The van der Waals surface area contributed by atoms with E-state index in [2.05, 4.69) is 25.5 Å². The summed E-state index contributed by atoms with van der Waals surface area (Å²) in [5.74, 6) is -0.101. The van der Waals surface area contributed by atoms with Gasteiger partial charge in [0, 0.05) is 26.1 Å². The molecule has 0 amide bonds. The fourth-order valence-electron chi connectivity index (χ4n) is 3.02. The zero-order valence-electron chi connectivity index (χ0n) is 20.7. The average molecular weight is 495 g/mol. The number of rotatable bonds is 22. The fourth-order valence-corrected chi connectivity index (χ4v) is 3.24. The molecule has 0 aromatic rings. The SMILES string of the molecule is CC(C)(S)OCCCCCCOC(=O)CCCCC(=O)C(C)(C)OCCCCCCOS. The Morgan fingerprint density at radius 2 is 1.16 bits per heavy atom. The van der Waals surface area contributed by atoms with E-state index < -0.39 is 5.60 Å². The smallest absolute Gasteiger partial charge is 0.305 e. The van der Waals surface area contributed by atoms with Crippen LogP contribution in [0.1, 0.15) is 105 Å². The highest BCUT2D eigenvalue weighted by Gasteiger charge is 2.27. The first kappa shape index (κ1) is 31.7. The molecule has 0 bridgehead atoms. The van der Waals surface area contributed by atoms with Crippen molar-refractivity contribution in [3.05, 3.63) is 0 Å². The Morgan fingerprint density at radius 3 is 1.72 bits per heavy atom. The number of ketones is 1. The summed E-state index contributed by atoms with van der Waals surface area (Å²) in [4.78, 5) is 23.9. The number of hydrogen-bond donors (Lipinski definition) is 2. The van der Waals surface area contributed by atoms with Crippen LogP contribution in [-0.2, 0) is 28.0 Å². The zero-order chi connectivity index (χ0) is 24.3. The van der Waals surface area contributed by atoms with Gasteiger partial charge in [0.2, 0.25) is 0 Å². The van der Waals surface area contributed by atoms with Crippen molar-refractivity contribution in [1.29, 1.82) is 0 Å². The van der Waals surface area contributed by atoms with Gasteiger partial charge in [-0.05, 0) is 85.6 Å². The minimum absolute atomic E-state index is 0.0830.